The fraction of sp³-hybridized carbons (Fsp3) is 0.375. The van der Waals surface area contributed by atoms with Crippen LogP contribution < -0.4 is 15.6 Å². The molecule has 0 aliphatic carbocycles. The summed E-state index contributed by atoms with van der Waals surface area (Å²) in [5.74, 6) is 0. The van der Waals surface area contributed by atoms with Crippen LogP contribution in [0.15, 0.2) is 34.5 Å². The predicted octanol–water partition coefficient (Wildman–Crippen LogP) is 3.64. The van der Waals surface area contributed by atoms with Crippen molar-refractivity contribution in [2.24, 2.45) is 0 Å². The maximum atomic E-state index is 12.7. The van der Waals surface area contributed by atoms with Gasteiger partial charge in [-0.3, -0.25) is 4.72 Å². The number of rotatable bonds is 4. The molecule has 0 spiro atoms. The number of hydrogen-bond acceptors (Lipinski definition) is 5. The summed E-state index contributed by atoms with van der Waals surface area (Å²) in [6, 6.07) is 6.08. The van der Waals surface area contributed by atoms with Crippen molar-refractivity contribution in [3.05, 3.63) is 46.3 Å². The molecule has 2 atom stereocenters. The number of benzene rings is 1. The van der Waals surface area contributed by atoms with Gasteiger partial charge in [-0.25, -0.2) is 19.3 Å². The molecule has 2 unspecified atom stereocenters. The van der Waals surface area contributed by atoms with E-state index in [1.807, 2.05) is 19.9 Å². The average molecular weight is 405 g/mol. The van der Waals surface area contributed by atoms with Gasteiger partial charge in [-0.1, -0.05) is 6.07 Å². The lowest BCUT2D eigenvalue weighted by Gasteiger charge is -2.12. The van der Waals surface area contributed by atoms with Crippen LogP contribution in [0.1, 0.15) is 28.5 Å². The van der Waals surface area contributed by atoms with Gasteiger partial charge >= 0.3 is 6.18 Å². The molecule has 1 aliphatic heterocycles. The third-order valence-corrected chi connectivity index (χ3v) is 7.05. The Labute approximate surface area is 153 Å². The highest BCUT2D eigenvalue weighted by atomic mass is 32.2. The van der Waals surface area contributed by atoms with E-state index < -0.39 is 28.3 Å². The fourth-order valence-corrected chi connectivity index (χ4v) is 5.29. The van der Waals surface area contributed by atoms with Crippen LogP contribution in [0, 0.1) is 13.8 Å². The van der Waals surface area contributed by atoms with Gasteiger partial charge < -0.3 is 0 Å². The molecule has 2 heterocycles. The summed E-state index contributed by atoms with van der Waals surface area (Å²) in [5, 5.41) is 0. The Kier molecular flexibility index (Phi) is 5.04. The molecule has 0 amide bonds. The minimum absolute atomic E-state index is 0.0592. The molecular weight excluding hydrogens is 387 g/mol. The third kappa shape index (κ3) is 4.20. The summed E-state index contributed by atoms with van der Waals surface area (Å²) in [5.41, 5.74) is 7.10. The minimum Gasteiger partial charge on any atom is -0.279 e. The van der Waals surface area contributed by atoms with E-state index in [4.69, 9.17) is 0 Å². The number of aryl methyl sites for hydroxylation is 2. The van der Waals surface area contributed by atoms with Gasteiger partial charge in [-0.2, -0.15) is 13.2 Å². The van der Waals surface area contributed by atoms with Crippen molar-refractivity contribution in [2.45, 2.75) is 42.7 Å². The Hall–Kier alpha value is -1.62. The van der Waals surface area contributed by atoms with E-state index in [9.17, 15) is 21.6 Å². The van der Waals surface area contributed by atoms with Gasteiger partial charge in [0.1, 0.15) is 10.3 Å². The van der Waals surface area contributed by atoms with Gasteiger partial charge in [-0.15, -0.1) is 11.3 Å². The first-order chi connectivity index (χ1) is 12.0. The normalized spacial score (nSPS) is 21.1. The summed E-state index contributed by atoms with van der Waals surface area (Å²) in [6.07, 6.45) is -4.54. The smallest absolute Gasteiger partial charge is 0.279 e. The van der Waals surface area contributed by atoms with Gasteiger partial charge in [0.25, 0.3) is 10.0 Å². The van der Waals surface area contributed by atoms with E-state index in [1.54, 1.807) is 18.2 Å². The molecule has 3 rings (SSSR count). The first kappa shape index (κ1) is 19.2. The predicted molar refractivity (Wildman–Crippen MR) is 94.5 cm³/mol. The maximum Gasteiger partial charge on any atom is 0.405 e. The first-order valence-electron chi connectivity index (χ1n) is 7.83. The van der Waals surface area contributed by atoms with Crippen LogP contribution in [0.25, 0.3) is 0 Å². The van der Waals surface area contributed by atoms with Crippen molar-refractivity contribution in [3.63, 3.8) is 0 Å². The molecule has 1 saturated heterocycles. The van der Waals surface area contributed by atoms with Gasteiger partial charge in [0.05, 0.1) is 6.04 Å². The van der Waals surface area contributed by atoms with Crippen molar-refractivity contribution in [1.82, 2.24) is 10.9 Å². The number of thiophene rings is 1. The van der Waals surface area contributed by atoms with Crippen molar-refractivity contribution in [1.29, 1.82) is 0 Å². The Morgan fingerprint density at radius 2 is 1.77 bits per heavy atom. The summed E-state index contributed by atoms with van der Waals surface area (Å²) < 4.78 is 65.9. The van der Waals surface area contributed by atoms with Crippen LogP contribution in [0.3, 0.4) is 0 Å². The second-order valence-corrected chi connectivity index (χ2v) is 9.33. The van der Waals surface area contributed by atoms with Crippen molar-refractivity contribution in [3.8, 4) is 0 Å². The lowest BCUT2D eigenvalue weighted by Crippen LogP contribution is -2.40. The number of hydrogen-bond donors (Lipinski definition) is 3. The Morgan fingerprint density at radius 1 is 1.12 bits per heavy atom. The second-order valence-electron chi connectivity index (χ2n) is 6.31. The van der Waals surface area contributed by atoms with E-state index in [-0.39, 0.29) is 10.6 Å². The summed E-state index contributed by atoms with van der Waals surface area (Å²) in [4.78, 5) is 0.532. The molecule has 0 bridgehead atoms. The SMILES string of the molecule is Cc1cc(C)cc(NS(=O)(=O)c2ccc(C3CC(C(F)(F)F)NN3)s2)c1. The Bertz CT molecular complexity index is 889. The highest BCUT2D eigenvalue weighted by Crippen LogP contribution is 2.35. The summed E-state index contributed by atoms with van der Waals surface area (Å²) in [6.45, 7) is 3.73. The second kappa shape index (κ2) is 6.84. The largest absolute Gasteiger partial charge is 0.405 e. The number of nitrogens with one attached hydrogen (secondary N) is 3. The van der Waals surface area contributed by atoms with E-state index in [1.165, 1.54) is 6.07 Å². The summed E-state index contributed by atoms with van der Waals surface area (Å²) in [7, 11) is -3.80. The highest BCUT2D eigenvalue weighted by molar-refractivity contribution is 7.94. The monoisotopic (exact) mass is 405 g/mol. The highest BCUT2D eigenvalue weighted by Gasteiger charge is 2.44. The zero-order chi connectivity index (χ0) is 19.1. The number of anilines is 1. The van der Waals surface area contributed by atoms with E-state index >= 15 is 0 Å². The summed E-state index contributed by atoms with van der Waals surface area (Å²) >= 11 is 0.957. The molecule has 10 heteroatoms. The number of halogens is 3. The van der Waals surface area contributed by atoms with Gasteiger partial charge in [-0.05, 0) is 55.7 Å². The van der Waals surface area contributed by atoms with Crippen molar-refractivity contribution >= 4 is 27.0 Å². The molecule has 2 aromatic rings. The van der Waals surface area contributed by atoms with Crippen LogP contribution >= 0.6 is 11.3 Å². The van der Waals surface area contributed by atoms with Crippen molar-refractivity contribution in [2.75, 3.05) is 4.72 Å². The molecule has 5 nitrogen and oxygen atoms in total. The molecule has 3 N–H and O–H groups in total. The average Bonchev–Trinajstić information content (AvgIpc) is 3.14. The molecule has 0 saturated carbocycles. The standard InChI is InChI=1S/C16H18F3N3O2S2/c1-9-5-10(2)7-11(6-9)22-26(23,24)15-4-3-13(25-15)12-8-14(21-20-12)16(17,18)19/h3-7,12,14,20-22H,8H2,1-2H3. The molecule has 1 aromatic carbocycles. The number of sulfonamides is 1. The molecular formula is C16H18F3N3O2S2. The zero-order valence-corrected chi connectivity index (χ0v) is 15.6. The third-order valence-electron chi connectivity index (χ3n) is 3.98. The van der Waals surface area contributed by atoms with Gasteiger partial charge in [0.2, 0.25) is 0 Å². The molecule has 1 aromatic heterocycles. The molecule has 0 radical (unpaired) electrons. The fourth-order valence-electron chi connectivity index (χ4n) is 2.86. The Morgan fingerprint density at radius 3 is 2.35 bits per heavy atom. The van der Waals surface area contributed by atoms with E-state index in [2.05, 4.69) is 15.6 Å². The molecule has 1 fully saturated rings. The van der Waals surface area contributed by atoms with Crippen LogP contribution in [0.4, 0.5) is 18.9 Å². The van der Waals surface area contributed by atoms with E-state index in [0.717, 1.165) is 22.5 Å². The maximum absolute atomic E-state index is 12.7. The van der Waals surface area contributed by atoms with Crippen LogP contribution in [-0.4, -0.2) is 20.6 Å². The Balaban J connectivity index is 1.76. The molecule has 142 valence electrons. The van der Waals surface area contributed by atoms with E-state index in [0.29, 0.717) is 10.6 Å². The molecule has 26 heavy (non-hydrogen) atoms. The number of hydrazine groups is 1. The lowest BCUT2D eigenvalue weighted by molar-refractivity contribution is -0.153. The molecule has 1 aliphatic rings. The minimum atomic E-state index is -4.35. The van der Waals surface area contributed by atoms with Crippen LogP contribution in [0.2, 0.25) is 0 Å². The first-order valence-corrected chi connectivity index (χ1v) is 10.1. The van der Waals surface area contributed by atoms with Gasteiger partial charge in [0, 0.05) is 10.6 Å². The quantitative estimate of drug-likeness (QED) is 0.727. The lowest BCUT2D eigenvalue weighted by atomic mass is 10.1. The van der Waals surface area contributed by atoms with Crippen molar-refractivity contribution < 1.29 is 21.6 Å². The van der Waals surface area contributed by atoms with Crippen LogP contribution in [0.5, 0.6) is 0 Å². The zero-order valence-electron chi connectivity index (χ0n) is 14.0. The van der Waals surface area contributed by atoms with Gasteiger partial charge in [0.15, 0.2) is 0 Å². The number of alkyl halides is 3. The topological polar surface area (TPSA) is 70.2 Å². The van der Waals surface area contributed by atoms with Crippen LogP contribution in [-0.2, 0) is 10.0 Å².